The monoisotopic (exact) mass is 314 g/mol. The van der Waals surface area contributed by atoms with Crippen molar-refractivity contribution in [2.45, 2.75) is 19.3 Å². The van der Waals surface area contributed by atoms with Gasteiger partial charge in [0, 0.05) is 16.5 Å². The zero-order valence-corrected chi connectivity index (χ0v) is 14.0. The molecule has 0 amide bonds. The van der Waals surface area contributed by atoms with Crippen molar-refractivity contribution in [1.29, 1.82) is 0 Å². The number of methoxy groups -OCH3 is 1. The number of ether oxygens (including phenoxy) is 2. The average molecular weight is 314 g/mol. The van der Waals surface area contributed by atoms with Crippen molar-refractivity contribution in [3.8, 4) is 17.2 Å². The SMILES string of the molecule is COc1c#cc(C(C)(C)c2c#cc(Oc3ccccc3)cc2)cc1. The largest absolute Gasteiger partial charge is 0.489 e. The van der Waals surface area contributed by atoms with E-state index in [1.54, 1.807) is 7.11 Å². The quantitative estimate of drug-likeness (QED) is 0.659. The van der Waals surface area contributed by atoms with Crippen LogP contribution >= 0.6 is 0 Å². The third-order valence-electron chi connectivity index (χ3n) is 3.98. The summed E-state index contributed by atoms with van der Waals surface area (Å²) in [6, 6.07) is 29.9. The summed E-state index contributed by atoms with van der Waals surface area (Å²) < 4.78 is 10.9. The molecule has 3 aromatic rings. The third kappa shape index (κ3) is 3.29. The number of benzene rings is 1. The predicted octanol–water partition coefficient (Wildman–Crippen LogP) is 5.01. The lowest BCUT2D eigenvalue weighted by molar-refractivity contribution is 0.414. The first kappa shape index (κ1) is 15.8. The first-order chi connectivity index (χ1) is 11.6. The molecule has 118 valence electrons. The van der Waals surface area contributed by atoms with Gasteiger partial charge in [0.2, 0.25) is 0 Å². The molecule has 0 N–H and O–H groups in total. The van der Waals surface area contributed by atoms with Gasteiger partial charge in [0.25, 0.3) is 0 Å². The Bertz CT molecular complexity index is 772. The molecule has 0 atom stereocenters. The van der Waals surface area contributed by atoms with Gasteiger partial charge in [0.15, 0.2) is 11.5 Å². The normalized spacial score (nSPS) is 10.5. The van der Waals surface area contributed by atoms with Gasteiger partial charge in [-0.3, -0.25) is 0 Å². The van der Waals surface area contributed by atoms with Gasteiger partial charge in [-0.2, -0.15) is 0 Å². The molecular formula is C22H18O2. The Morgan fingerprint density at radius 2 is 1.29 bits per heavy atom. The van der Waals surface area contributed by atoms with Crippen LogP contribution in [-0.4, -0.2) is 7.11 Å². The zero-order valence-electron chi connectivity index (χ0n) is 14.0. The van der Waals surface area contributed by atoms with Crippen LogP contribution in [0.5, 0.6) is 17.2 Å². The summed E-state index contributed by atoms with van der Waals surface area (Å²) in [4.78, 5) is 0. The second-order valence-electron chi connectivity index (χ2n) is 5.97. The molecule has 0 unspecified atom stereocenters. The van der Waals surface area contributed by atoms with E-state index >= 15 is 0 Å². The smallest absolute Gasteiger partial charge is 0.177 e. The van der Waals surface area contributed by atoms with Crippen LogP contribution in [0.15, 0.2) is 54.6 Å². The topological polar surface area (TPSA) is 18.5 Å². The average Bonchev–Trinajstić information content (AvgIpc) is 2.63. The first-order valence-corrected chi connectivity index (χ1v) is 7.75. The zero-order chi connectivity index (χ0) is 17.0. The van der Waals surface area contributed by atoms with E-state index in [1.165, 1.54) is 0 Å². The molecule has 0 spiro atoms. The predicted molar refractivity (Wildman–Crippen MR) is 93.4 cm³/mol. The Balaban J connectivity index is 1.80. The van der Waals surface area contributed by atoms with E-state index in [0.717, 1.165) is 16.9 Å². The Hall–Kier alpha value is -3.10. The molecular weight excluding hydrogens is 296 g/mol. The fraction of sp³-hybridized carbons (Fsp3) is 0.182. The van der Waals surface area contributed by atoms with Gasteiger partial charge >= 0.3 is 0 Å². The van der Waals surface area contributed by atoms with E-state index in [4.69, 9.17) is 9.47 Å². The second kappa shape index (κ2) is 6.57. The van der Waals surface area contributed by atoms with E-state index in [2.05, 4.69) is 38.1 Å². The summed E-state index contributed by atoms with van der Waals surface area (Å²) in [6.45, 7) is 4.24. The number of hydrogen-bond acceptors (Lipinski definition) is 2. The Kier molecular flexibility index (Phi) is 4.32. The molecule has 0 saturated heterocycles. The maximum absolute atomic E-state index is 5.76. The first-order valence-electron chi connectivity index (χ1n) is 7.75. The van der Waals surface area contributed by atoms with Crippen molar-refractivity contribution in [2.75, 3.05) is 7.11 Å². The Morgan fingerprint density at radius 3 is 1.79 bits per heavy atom. The Labute approximate surface area is 143 Å². The van der Waals surface area contributed by atoms with Gasteiger partial charge in [-0.15, -0.1) is 0 Å². The molecule has 0 heterocycles. The van der Waals surface area contributed by atoms with Crippen molar-refractivity contribution in [1.82, 2.24) is 0 Å². The molecule has 0 radical (unpaired) electrons. The fourth-order valence-corrected chi connectivity index (χ4v) is 2.41. The van der Waals surface area contributed by atoms with Crippen molar-refractivity contribution in [2.24, 2.45) is 0 Å². The highest BCUT2D eigenvalue weighted by atomic mass is 16.5. The molecule has 0 fully saturated rings. The summed E-state index contributed by atoms with van der Waals surface area (Å²) in [5.74, 6) is 2.11. The number of para-hydroxylation sites is 1. The van der Waals surface area contributed by atoms with Crippen LogP contribution in [0.3, 0.4) is 0 Å². The van der Waals surface area contributed by atoms with Crippen LogP contribution in [0.1, 0.15) is 25.0 Å². The highest BCUT2D eigenvalue weighted by molar-refractivity contribution is 5.37. The van der Waals surface area contributed by atoms with Crippen LogP contribution in [0.2, 0.25) is 0 Å². The summed E-state index contributed by atoms with van der Waals surface area (Å²) in [5, 5.41) is 0. The van der Waals surface area contributed by atoms with Crippen LogP contribution in [0, 0.1) is 24.3 Å². The van der Waals surface area contributed by atoms with Gasteiger partial charge in [-0.05, 0) is 48.5 Å². The van der Waals surface area contributed by atoms with E-state index in [1.807, 2.05) is 54.6 Å². The summed E-state index contributed by atoms with van der Waals surface area (Å²) in [6.07, 6.45) is 0. The summed E-state index contributed by atoms with van der Waals surface area (Å²) in [7, 11) is 1.62. The maximum atomic E-state index is 5.76. The van der Waals surface area contributed by atoms with Crippen molar-refractivity contribution in [3.05, 3.63) is 90.0 Å². The molecule has 2 heteroatoms. The molecule has 0 aliphatic carbocycles. The molecule has 2 nitrogen and oxygen atoms in total. The molecule has 0 saturated carbocycles. The van der Waals surface area contributed by atoms with Gasteiger partial charge in [0.1, 0.15) is 5.75 Å². The fourth-order valence-electron chi connectivity index (χ4n) is 2.41. The standard InChI is InChI=1S/C22H18O2/c1-22(2,17-9-13-19(23-3)14-10-17)18-11-15-21(16-12-18)24-20-7-5-4-6-8-20/h4-9,11,13,15H,1-3H3. The van der Waals surface area contributed by atoms with E-state index in [9.17, 15) is 0 Å². The molecule has 0 bridgehead atoms. The number of rotatable bonds is 5. The lowest BCUT2D eigenvalue weighted by Crippen LogP contribution is -2.18. The molecule has 0 aliphatic heterocycles. The van der Waals surface area contributed by atoms with Crippen LogP contribution < -0.4 is 9.47 Å². The summed E-state index contributed by atoms with van der Waals surface area (Å²) in [5.41, 5.74) is 1.77. The van der Waals surface area contributed by atoms with Crippen molar-refractivity contribution < 1.29 is 9.47 Å². The molecule has 0 aliphatic rings. The summed E-state index contributed by atoms with van der Waals surface area (Å²) >= 11 is 0. The van der Waals surface area contributed by atoms with Crippen LogP contribution in [-0.2, 0) is 5.41 Å². The molecule has 3 aromatic carbocycles. The van der Waals surface area contributed by atoms with E-state index in [0.29, 0.717) is 11.5 Å². The van der Waals surface area contributed by atoms with Gasteiger partial charge in [-0.1, -0.05) is 44.2 Å². The van der Waals surface area contributed by atoms with Gasteiger partial charge in [0.05, 0.1) is 7.11 Å². The minimum absolute atomic E-state index is 0.259. The number of hydrogen-bond donors (Lipinski definition) is 0. The van der Waals surface area contributed by atoms with Crippen molar-refractivity contribution >= 4 is 0 Å². The second-order valence-corrected chi connectivity index (χ2v) is 5.97. The van der Waals surface area contributed by atoms with Crippen molar-refractivity contribution in [3.63, 3.8) is 0 Å². The van der Waals surface area contributed by atoms with Gasteiger partial charge < -0.3 is 9.47 Å². The van der Waals surface area contributed by atoms with E-state index in [-0.39, 0.29) is 5.41 Å². The highest BCUT2D eigenvalue weighted by Crippen LogP contribution is 2.30. The highest BCUT2D eigenvalue weighted by Gasteiger charge is 2.23. The molecule has 0 aromatic heterocycles. The molecule has 3 rings (SSSR count). The van der Waals surface area contributed by atoms with Crippen LogP contribution in [0.4, 0.5) is 0 Å². The van der Waals surface area contributed by atoms with Crippen LogP contribution in [0.25, 0.3) is 0 Å². The van der Waals surface area contributed by atoms with E-state index < -0.39 is 0 Å². The minimum Gasteiger partial charge on any atom is -0.489 e. The van der Waals surface area contributed by atoms with Gasteiger partial charge in [-0.25, -0.2) is 0 Å². The lowest BCUT2D eigenvalue weighted by Gasteiger charge is -2.22. The maximum Gasteiger partial charge on any atom is 0.177 e. The Morgan fingerprint density at radius 1 is 0.708 bits per heavy atom. The minimum atomic E-state index is -0.259. The molecule has 24 heavy (non-hydrogen) atoms. The third-order valence-corrected chi connectivity index (χ3v) is 3.98. The lowest BCUT2D eigenvalue weighted by atomic mass is 9.79.